The molecule has 0 bridgehead atoms. The summed E-state index contributed by atoms with van der Waals surface area (Å²) in [6.45, 7) is 0. The van der Waals surface area contributed by atoms with Gasteiger partial charge >= 0.3 is 0 Å². The van der Waals surface area contributed by atoms with Crippen molar-refractivity contribution in [3.63, 3.8) is 0 Å². The number of Topliss-reactive ketones (excluding diaryl/α,β-unsaturated/α-hetero) is 1. The van der Waals surface area contributed by atoms with Crippen LogP contribution in [0.5, 0.6) is 0 Å². The van der Waals surface area contributed by atoms with Gasteiger partial charge in [0.25, 0.3) is 0 Å². The summed E-state index contributed by atoms with van der Waals surface area (Å²) in [5, 5.41) is 10.4. The third-order valence-electron chi connectivity index (χ3n) is 3.26. The van der Waals surface area contributed by atoms with Gasteiger partial charge in [-0.25, -0.2) is 0 Å². The van der Waals surface area contributed by atoms with Crippen molar-refractivity contribution < 1.29 is 9.90 Å². The van der Waals surface area contributed by atoms with E-state index < -0.39 is 6.10 Å². The third-order valence-corrected chi connectivity index (χ3v) is 3.26. The fourth-order valence-corrected chi connectivity index (χ4v) is 2.39. The van der Waals surface area contributed by atoms with Gasteiger partial charge in [-0.15, -0.1) is 0 Å². The third kappa shape index (κ3) is 1.58. The maximum atomic E-state index is 12.1. The first-order chi connectivity index (χ1) is 8.27. The van der Waals surface area contributed by atoms with E-state index in [4.69, 9.17) is 0 Å². The summed E-state index contributed by atoms with van der Waals surface area (Å²) < 4.78 is 0. The van der Waals surface area contributed by atoms with Gasteiger partial charge in [0.1, 0.15) is 6.10 Å². The zero-order valence-corrected chi connectivity index (χ0v) is 9.26. The van der Waals surface area contributed by atoms with E-state index in [9.17, 15) is 9.90 Å². The molecule has 0 heterocycles. The smallest absolute Gasteiger partial charge is 0.167 e. The fraction of sp³-hybridized carbons (Fsp3) is 0.133. The molecule has 84 valence electrons. The average molecular weight is 224 g/mol. The van der Waals surface area contributed by atoms with E-state index in [0.29, 0.717) is 17.5 Å². The molecule has 17 heavy (non-hydrogen) atoms. The molecule has 1 unspecified atom stereocenters. The minimum Gasteiger partial charge on any atom is -0.384 e. The van der Waals surface area contributed by atoms with Crippen molar-refractivity contribution in [3.8, 4) is 0 Å². The molecule has 1 atom stereocenters. The maximum Gasteiger partial charge on any atom is 0.167 e. The number of carbonyl (C=O) groups excluding carboxylic acids is 1. The van der Waals surface area contributed by atoms with E-state index in [1.54, 1.807) is 6.07 Å². The molecule has 2 aromatic carbocycles. The van der Waals surface area contributed by atoms with Gasteiger partial charge in [-0.2, -0.15) is 0 Å². The minimum atomic E-state index is -0.700. The summed E-state index contributed by atoms with van der Waals surface area (Å²) in [6.07, 6.45) is -0.335. The number of carbonyl (C=O) groups is 1. The molecule has 1 aliphatic rings. The highest BCUT2D eigenvalue weighted by atomic mass is 16.3. The first-order valence-electron chi connectivity index (χ1n) is 5.65. The lowest BCUT2D eigenvalue weighted by atomic mass is 9.97. The molecule has 0 radical (unpaired) electrons. The molecule has 1 aliphatic carbocycles. The molecular formula is C15H12O2. The largest absolute Gasteiger partial charge is 0.384 e. The van der Waals surface area contributed by atoms with Crippen LogP contribution in [0.1, 0.15) is 33.2 Å². The zero-order valence-electron chi connectivity index (χ0n) is 9.26. The monoisotopic (exact) mass is 224 g/mol. The lowest BCUT2D eigenvalue weighted by molar-refractivity contribution is 0.0992. The van der Waals surface area contributed by atoms with Crippen LogP contribution in [0.3, 0.4) is 0 Å². The highest BCUT2D eigenvalue weighted by Gasteiger charge is 2.25. The Hall–Kier alpha value is -1.93. The zero-order chi connectivity index (χ0) is 11.8. The number of aliphatic hydroxyl groups excluding tert-OH is 1. The summed E-state index contributed by atoms with van der Waals surface area (Å²) in [4.78, 5) is 12.1. The Morgan fingerprint density at radius 1 is 0.941 bits per heavy atom. The normalized spacial score (nSPS) is 18.2. The Bertz CT molecular complexity index is 587. The van der Waals surface area contributed by atoms with E-state index in [1.807, 2.05) is 42.5 Å². The standard InChI is InChI=1S/C15H12O2/c16-14-9-10-5-1-2-6-11(10)15(17)13-8-4-3-7-12(13)14/h1-8,15,17H,9H2. The second kappa shape index (κ2) is 3.82. The number of ketones is 1. The molecule has 3 rings (SSSR count). The van der Waals surface area contributed by atoms with Crippen molar-refractivity contribution in [2.24, 2.45) is 0 Å². The van der Waals surface area contributed by atoms with Crippen LogP contribution in [-0.4, -0.2) is 10.9 Å². The maximum absolute atomic E-state index is 12.1. The predicted octanol–water partition coefficient (Wildman–Crippen LogP) is 2.51. The van der Waals surface area contributed by atoms with E-state index in [-0.39, 0.29) is 5.78 Å². The van der Waals surface area contributed by atoms with Crippen molar-refractivity contribution >= 4 is 5.78 Å². The van der Waals surface area contributed by atoms with Crippen LogP contribution in [0.15, 0.2) is 48.5 Å². The quantitative estimate of drug-likeness (QED) is 0.746. The Morgan fingerprint density at radius 3 is 2.41 bits per heavy atom. The molecule has 1 N–H and O–H groups in total. The van der Waals surface area contributed by atoms with Gasteiger partial charge in [-0.3, -0.25) is 4.79 Å². The lowest BCUT2D eigenvalue weighted by Gasteiger charge is -2.13. The summed E-state index contributed by atoms with van der Waals surface area (Å²) in [5.41, 5.74) is 3.10. The molecule has 0 amide bonds. The van der Waals surface area contributed by atoms with Crippen molar-refractivity contribution in [1.29, 1.82) is 0 Å². The van der Waals surface area contributed by atoms with Gasteiger partial charge in [0.15, 0.2) is 5.78 Å². The molecule has 2 aromatic rings. The average Bonchev–Trinajstić information content (AvgIpc) is 2.48. The lowest BCUT2D eigenvalue weighted by Crippen LogP contribution is -2.04. The van der Waals surface area contributed by atoms with E-state index in [1.165, 1.54) is 0 Å². The van der Waals surface area contributed by atoms with Crippen LogP contribution >= 0.6 is 0 Å². The number of benzene rings is 2. The van der Waals surface area contributed by atoms with Crippen LogP contribution in [-0.2, 0) is 6.42 Å². The van der Waals surface area contributed by atoms with Gasteiger partial charge < -0.3 is 5.11 Å². The van der Waals surface area contributed by atoms with Gasteiger partial charge in [0.2, 0.25) is 0 Å². The topological polar surface area (TPSA) is 37.3 Å². The Labute approximate surface area is 99.5 Å². The summed E-state index contributed by atoms with van der Waals surface area (Å²) in [6, 6.07) is 14.9. The summed E-state index contributed by atoms with van der Waals surface area (Å²) in [7, 11) is 0. The second-order valence-corrected chi connectivity index (χ2v) is 4.29. The molecular weight excluding hydrogens is 212 g/mol. The van der Waals surface area contributed by atoms with Crippen LogP contribution in [0.4, 0.5) is 0 Å². The Morgan fingerprint density at radius 2 is 1.59 bits per heavy atom. The second-order valence-electron chi connectivity index (χ2n) is 4.29. The number of hydrogen-bond acceptors (Lipinski definition) is 2. The minimum absolute atomic E-state index is 0.0737. The molecule has 0 saturated carbocycles. The Balaban J connectivity index is 2.26. The van der Waals surface area contributed by atoms with Crippen LogP contribution in [0.25, 0.3) is 0 Å². The number of hydrogen-bond donors (Lipinski definition) is 1. The summed E-state index contributed by atoms with van der Waals surface area (Å²) >= 11 is 0. The van der Waals surface area contributed by atoms with Crippen molar-refractivity contribution in [2.45, 2.75) is 12.5 Å². The van der Waals surface area contributed by atoms with E-state index >= 15 is 0 Å². The van der Waals surface area contributed by atoms with Crippen molar-refractivity contribution in [3.05, 3.63) is 70.8 Å². The summed E-state index contributed by atoms with van der Waals surface area (Å²) in [5.74, 6) is 0.0737. The molecule has 0 saturated heterocycles. The fourth-order valence-electron chi connectivity index (χ4n) is 2.39. The molecule has 0 fully saturated rings. The molecule has 0 spiro atoms. The van der Waals surface area contributed by atoms with Crippen LogP contribution in [0.2, 0.25) is 0 Å². The van der Waals surface area contributed by atoms with Gasteiger partial charge in [0, 0.05) is 12.0 Å². The van der Waals surface area contributed by atoms with Gasteiger partial charge in [-0.05, 0) is 16.7 Å². The SMILES string of the molecule is O=C1Cc2ccccc2C(O)c2ccccc21. The van der Waals surface area contributed by atoms with Crippen LogP contribution < -0.4 is 0 Å². The number of fused-ring (bicyclic) bond motifs is 2. The first-order valence-corrected chi connectivity index (χ1v) is 5.65. The van der Waals surface area contributed by atoms with Gasteiger partial charge in [0.05, 0.1) is 0 Å². The highest BCUT2D eigenvalue weighted by Crippen LogP contribution is 2.31. The van der Waals surface area contributed by atoms with E-state index in [2.05, 4.69) is 0 Å². The highest BCUT2D eigenvalue weighted by molar-refractivity contribution is 6.00. The predicted molar refractivity (Wildman–Crippen MR) is 65.0 cm³/mol. The van der Waals surface area contributed by atoms with Crippen molar-refractivity contribution in [1.82, 2.24) is 0 Å². The number of aliphatic hydroxyl groups is 1. The Kier molecular flexibility index (Phi) is 2.30. The van der Waals surface area contributed by atoms with Crippen molar-refractivity contribution in [2.75, 3.05) is 0 Å². The number of rotatable bonds is 0. The molecule has 2 nitrogen and oxygen atoms in total. The molecule has 0 aromatic heterocycles. The van der Waals surface area contributed by atoms with Gasteiger partial charge in [-0.1, -0.05) is 48.5 Å². The first kappa shape index (κ1) is 10.2. The van der Waals surface area contributed by atoms with Crippen LogP contribution in [0, 0.1) is 0 Å². The molecule has 2 heteroatoms. The van der Waals surface area contributed by atoms with E-state index in [0.717, 1.165) is 11.1 Å². The molecule has 0 aliphatic heterocycles.